The van der Waals surface area contributed by atoms with Crippen LogP contribution in [0.1, 0.15) is 0 Å². The fourth-order valence-corrected chi connectivity index (χ4v) is 2.51. The second-order valence-corrected chi connectivity index (χ2v) is 4.91. The average molecular weight is 272 g/mol. The van der Waals surface area contributed by atoms with Crippen molar-refractivity contribution < 1.29 is 33.3 Å². The Morgan fingerprint density at radius 1 is 0.889 bits per heavy atom. The summed E-state index contributed by atoms with van der Waals surface area (Å²) in [6.45, 7) is 0. The molecular formula is C10H8O7S. The van der Waals surface area contributed by atoms with Gasteiger partial charge in [-0.3, -0.25) is 0 Å². The highest BCUT2D eigenvalue weighted by atomic mass is 32.2. The highest BCUT2D eigenvalue weighted by Gasteiger charge is 2.28. The molecule has 0 saturated heterocycles. The number of phenols is 3. The third-order valence-corrected chi connectivity index (χ3v) is 3.55. The molecule has 0 radical (unpaired) electrons. The SMILES string of the molecule is O=S(=O)(OO)c1c(O)c(O)c(O)c2ccccc12. The molecule has 0 aliphatic heterocycles. The molecule has 2 aromatic carbocycles. The molecule has 0 fully saturated rings. The van der Waals surface area contributed by atoms with Gasteiger partial charge in [-0.05, 0) is 0 Å². The minimum absolute atomic E-state index is 0.0107. The highest BCUT2D eigenvalue weighted by Crippen LogP contribution is 2.46. The van der Waals surface area contributed by atoms with E-state index >= 15 is 0 Å². The Kier molecular flexibility index (Phi) is 2.77. The van der Waals surface area contributed by atoms with Crippen LogP contribution < -0.4 is 0 Å². The van der Waals surface area contributed by atoms with Gasteiger partial charge in [0.15, 0.2) is 16.4 Å². The van der Waals surface area contributed by atoms with Gasteiger partial charge in [-0.2, -0.15) is 8.42 Å². The zero-order valence-corrected chi connectivity index (χ0v) is 9.55. The Labute approximate surface area is 101 Å². The number of fused-ring (bicyclic) bond motifs is 1. The molecule has 0 atom stereocenters. The van der Waals surface area contributed by atoms with E-state index in [4.69, 9.17) is 5.26 Å². The number of benzene rings is 2. The standard InChI is InChI=1S/C10H8O7S/c11-7-5-3-1-2-4-6(5)10(9(13)8(7)12)18(15,16)17-14/h1-4,11-14H. The molecule has 0 aliphatic carbocycles. The van der Waals surface area contributed by atoms with Gasteiger partial charge in [-0.1, -0.05) is 24.3 Å². The summed E-state index contributed by atoms with van der Waals surface area (Å²) in [5, 5.41) is 36.8. The van der Waals surface area contributed by atoms with Crippen LogP contribution in [-0.4, -0.2) is 29.0 Å². The molecule has 0 heterocycles. The van der Waals surface area contributed by atoms with Crippen molar-refractivity contribution in [2.45, 2.75) is 4.90 Å². The second kappa shape index (κ2) is 4.02. The van der Waals surface area contributed by atoms with E-state index in [0.29, 0.717) is 0 Å². The van der Waals surface area contributed by atoms with Crippen LogP contribution in [0, 0.1) is 0 Å². The molecule has 8 heteroatoms. The summed E-state index contributed by atoms with van der Waals surface area (Å²) in [6, 6.07) is 5.56. The molecule has 7 nitrogen and oxygen atoms in total. The van der Waals surface area contributed by atoms with Gasteiger partial charge in [0.25, 0.3) is 0 Å². The molecule has 0 amide bonds. The molecule has 0 spiro atoms. The number of hydrogen-bond acceptors (Lipinski definition) is 7. The first-order chi connectivity index (χ1) is 8.40. The van der Waals surface area contributed by atoms with Crippen molar-refractivity contribution in [3.8, 4) is 17.2 Å². The molecule has 18 heavy (non-hydrogen) atoms. The summed E-state index contributed by atoms with van der Waals surface area (Å²) < 4.78 is 26.3. The summed E-state index contributed by atoms with van der Waals surface area (Å²) in [5.41, 5.74) is 0. The molecule has 0 aromatic heterocycles. The van der Waals surface area contributed by atoms with E-state index in [-0.39, 0.29) is 10.8 Å². The van der Waals surface area contributed by atoms with Gasteiger partial charge < -0.3 is 15.3 Å². The molecule has 2 aromatic rings. The molecule has 0 unspecified atom stereocenters. The molecule has 4 N–H and O–H groups in total. The first-order valence-electron chi connectivity index (χ1n) is 4.63. The van der Waals surface area contributed by atoms with Crippen LogP contribution in [0.4, 0.5) is 0 Å². The topological polar surface area (TPSA) is 124 Å². The molecular weight excluding hydrogens is 264 g/mol. The average Bonchev–Trinajstić information content (AvgIpc) is 2.36. The summed E-state index contributed by atoms with van der Waals surface area (Å²) in [5.74, 6) is -2.77. The maximum Gasteiger partial charge on any atom is 0.327 e. The lowest BCUT2D eigenvalue weighted by Crippen LogP contribution is -2.04. The van der Waals surface area contributed by atoms with Crippen LogP contribution in [0.5, 0.6) is 17.2 Å². The largest absolute Gasteiger partial charge is 0.504 e. The molecule has 0 aliphatic rings. The molecule has 96 valence electrons. The van der Waals surface area contributed by atoms with Crippen molar-refractivity contribution >= 4 is 20.9 Å². The molecule has 2 rings (SSSR count). The quantitative estimate of drug-likeness (QED) is 0.367. The predicted octanol–water partition coefficient (Wildman–Crippen LogP) is 1.13. The normalized spacial score (nSPS) is 11.8. The van der Waals surface area contributed by atoms with E-state index < -0.39 is 32.3 Å². The van der Waals surface area contributed by atoms with Gasteiger partial charge in [0, 0.05) is 10.8 Å². The number of phenolic OH excluding ortho intramolecular Hbond substituents is 3. The van der Waals surface area contributed by atoms with Crippen molar-refractivity contribution in [1.82, 2.24) is 0 Å². The lowest BCUT2D eigenvalue weighted by molar-refractivity contribution is -0.130. The smallest absolute Gasteiger partial charge is 0.327 e. The Morgan fingerprint density at radius 3 is 2.00 bits per heavy atom. The van der Waals surface area contributed by atoms with Crippen LogP contribution in [0.15, 0.2) is 29.2 Å². The Morgan fingerprint density at radius 2 is 1.44 bits per heavy atom. The van der Waals surface area contributed by atoms with E-state index in [1.54, 1.807) is 0 Å². The first kappa shape index (κ1) is 12.4. The maximum absolute atomic E-state index is 11.5. The monoisotopic (exact) mass is 272 g/mol. The van der Waals surface area contributed by atoms with Crippen molar-refractivity contribution in [3.05, 3.63) is 24.3 Å². The fourth-order valence-electron chi connectivity index (χ4n) is 1.65. The first-order valence-corrected chi connectivity index (χ1v) is 6.04. The Hall–Kier alpha value is -2.03. The van der Waals surface area contributed by atoms with Gasteiger partial charge >= 0.3 is 10.1 Å². The number of hydrogen-bond donors (Lipinski definition) is 4. The lowest BCUT2D eigenvalue weighted by atomic mass is 10.1. The Balaban J connectivity index is 3.06. The van der Waals surface area contributed by atoms with E-state index in [1.165, 1.54) is 24.3 Å². The third kappa shape index (κ3) is 1.63. The van der Waals surface area contributed by atoms with Crippen molar-refractivity contribution in [3.63, 3.8) is 0 Å². The minimum Gasteiger partial charge on any atom is -0.504 e. The van der Waals surface area contributed by atoms with Gasteiger partial charge in [-0.15, -0.1) is 4.33 Å². The Bertz CT molecular complexity index is 721. The van der Waals surface area contributed by atoms with Crippen molar-refractivity contribution in [1.29, 1.82) is 0 Å². The third-order valence-electron chi connectivity index (χ3n) is 2.44. The fraction of sp³-hybridized carbons (Fsp3) is 0. The zero-order chi connectivity index (χ0) is 13.5. The van der Waals surface area contributed by atoms with E-state index in [0.717, 1.165) is 0 Å². The lowest BCUT2D eigenvalue weighted by Gasteiger charge is -2.11. The summed E-state index contributed by atoms with van der Waals surface area (Å²) in [4.78, 5) is -0.823. The van der Waals surface area contributed by atoms with E-state index in [2.05, 4.69) is 4.33 Å². The zero-order valence-electron chi connectivity index (χ0n) is 8.73. The van der Waals surface area contributed by atoms with E-state index in [1.807, 2.05) is 0 Å². The number of aromatic hydroxyl groups is 3. The van der Waals surface area contributed by atoms with Gasteiger partial charge in [0.1, 0.15) is 0 Å². The molecule has 0 bridgehead atoms. The van der Waals surface area contributed by atoms with Crippen molar-refractivity contribution in [2.75, 3.05) is 0 Å². The van der Waals surface area contributed by atoms with Crippen molar-refractivity contribution in [2.24, 2.45) is 0 Å². The van der Waals surface area contributed by atoms with Crippen LogP contribution in [0.25, 0.3) is 10.8 Å². The van der Waals surface area contributed by atoms with Crippen LogP contribution in [0.3, 0.4) is 0 Å². The van der Waals surface area contributed by atoms with Gasteiger partial charge in [0.2, 0.25) is 5.75 Å². The maximum atomic E-state index is 11.5. The second-order valence-electron chi connectivity index (χ2n) is 3.45. The van der Waals surface area contributed by atoms with Gasteiger partial charge in [-0.25, -0.2) is 5.26 Å². The summed E-state index contributed by atoms with van der Waals surface area (Å²) >= 11 is 0. The number of rotatable bonds is 2. The van der Waals surface area contributed by atoms with Crippen LogP contribution in [-0.2, 0) is 14.5 Å². The highest BCUT2D eigenvalue weighted by molar-refractivity contribution is 7.87. The summed E-state index contributed by atoms with van der Waals surface area (Å²) in [7, 11) is -4.66. The van der Waals surface area contributed by atoms with E-state index in [9.17, 15) is 23.7 Å². The van der Waals surface area contributed by atoms with Crippen LogP contribution >= 0.6 is 0 Å². The van der Waals surface area contributed by atoms with Gasteiger partial charge in [0.05, 0.1) is 0 Å². The predicted molar refractivity (Wildman–Crippen MR) is 59.8 cm³/mol. The van der Waals surface area contributed by atoms with Crippen LogP contribution in [0.2, 0.25) is 0 Å². The summed E-state index contributed by atoms with van der Waals surface area (Å²) in [6.07, 6.45) is 0. The molecule has 0 saturated carbocycles. The minimum atomic E-state index is -4.66.